The van der Waals surface area contributed by atoms with Crippen molar-refractivity contribution in [3.63, 3.8) is 0 Å². The van der Waals surface area contributed by atoms with E-state index >= 15 is 0 Å². The van der Waals surface area contributed by atoms with E-state index in [2.05, 4.69) is 28.1 Å². The molecule has 0 amide bonds. The van der Waals surface area contributed by atoms with E-state index in [0.717, 1.165) is 27.6 Å². The molecule has 1 aromatic heterocycles. The molecule has 3 heteroatoms. The first-order chi connectivity index (χ1) is 9.31. The molecule has 19 heavy (non-hydrogen) atoms. The maximum Gasteiger partial charge on any atom is 0.136 e. The fourth-order valence-electron chi connectivity index (χ4n) is 2.10. The van der Waals surface area contributed by atoms with E-state index < -0.39 is 0 Å². The van der Waals surface area contributed by atoms with Crippen molar-refractivity contribution in [3.05, 3.63) is 59.7 Å². The third kappa shape index (κ3) is 2.16. The van der Waals surface area contributed by atoms with Gasteiger partial charge < -0.3 is 4.42 Å². The Labute approximate surface area is 119 Å². The molecule has 3 rings (SSSR count). The smallest absolute Gasteiger partial charge is 0.136 e. The summed E-state index contributed by atoms with van der Waals surface area (Å²) in [6.45, 7) is 0. The van der Waals surface area contributed by atoms with Gasteiger partial charge in [0, 0.05) is 16.3 Å². The van der Waals surface area contributed by atoms with Gasteiger partial charge in [-0.15, -0.1) is 0 Å². The molecule has 0 aliphatic rings. The van der Waals surface area contributed by atoms with Crippen molar-refractivity contribution in [1.29, 1.82) is 5.26 Å². The number of hydrogen-bond acceptors (Lipinski definition) is 2. The zero-order valence-corrected chi connectivity index (χ0v) is 11.6. The van der Waals surface area contributed by atoms with E-state index in [0.29, 0.717) is 5.56 Å². The van der Waals surface area contributed by atoms with Crippen molar-refractivity contribution >= 4 is 26.9 Å². The van der Waals surface area contributed by atoms with E-state index in [1.807, 2.05) is 36.4 Å². The van der Waals surface area contributed by atoms with Gasteiger partial charge in [0.2, 0.25) is 0 Å². The highest BCUT2D eigenvalue weighted by Gasteiger charge is 2.10. The van der Waals surface area contributed by atoms with Crippen molar-refractivity contribution in [2.45, 2.75) is 5.33 Å². The predicted octanol–water partition coefficient (Wildman–Crippen LogP) is 4.87. The topological polar surface area (TPSA) is 36.9 Å². The zero-order valence-electron chi connectivity index (χ0n) is 10.1. The van der Waals surface area contributed by atoms with Gasteiger partial charge in [0.25, 0.3) is 0 Å². The van der Waals surface area contributed by atoms with Crippen LogP contribution >= 0.6 is 15.9 Å². The number of alkyl halides is 1. The molecule has 2 aromatic carbocycles. The lowest BCUT2D eigenvalue weighted by molar-refractivity contribution is 0.631. The van der Waals surface area contributed by atoms with Gasteiger partial charge in [-0.3, -0.25) is 0 Å². The number of fused-ring (bicyclic) bond motifs is 1. The zero-order chi connectivity index (χ0) is 13.2. The van der Waals surface area contributed by atoms with Crippen LogP contribution in [0.25, 0.3) is 22.3 Å². The van der Waals surface area contributed by atoms with Crippen LogP contribution in [0.4, 0.5) is 0 Å². The Morgan fingerprint density at radius 3 is 2.74 bits per heavy atom. The molecule has 0 N–H and O–H groups in total. The molecule has 3 aromatic rings. The highest BCUT2D eigenvalue weighted by Crippen LogP contribution is 2.30. The van der Waals surface area contributed by atoms with Gasteiger partial charge in [0.15, 0.2) is 0 Å². The minimum absolute atomic E-state index is 0.627. The summed E-state index contributed by atoms with van der Waals surface area (Å²) in [4.78, 5) is 0. The highest BCUT2D eigenvalue weighted by atomic mass is 79.9. The summed E-state index contributed by atoms with van der Waals surface area (Å²) in [7, 11) is 0. The van der Waals surface area contributed by atoms with Gasteiger partial charge in [-0.25, -0.2) is 0 Å². The maximum atomic E-state index is 9.14. The highest BCUT2D eigenvalue weighted by molar-refractivity contribution is 9.08. The van der Waals surface area contributed by atoms with Crippen molar-refractivity contribution in [3.8, 4) is 17.4 Å². The summed E-state index contributed by atoms with van der Waals surface area (Å²) in [5, 5.41) is 11.0. The Morgan fingerprint density at radius 2 is 1.95 bits per heavy atom. The second kappa shape index (κ2) is 4.91. The average molecular weight is 312 g/mol. The Hall–Kier alpha value is -2.05. The largest absolute Gasteiger partial charge is 0.456 e. The number of rotatable bonds is 2. The summed E-state index contributed by atoms with van der Waals surface area (Å²) in [5.74, 6) is 0.735. The number of halogens is 1. The third-order valence-electron chi connectivity index (χ3n) is 3.05. The summed E-state index contributed by atoms with van der Waals surface area (Å²) in [6.07, 6.45) is 0. The maximum absolute atomic E-state index is 9.14. The fourth-order valence-corrected chi connectivity index (χ4v) is 2.45. The standard InChI is InChI=1S/C16H10BrNO/c17-9-11-5-6-15-13(7-11)8-16(19-15)14-4-2-1-3-12(14)10-18/h1-8H,9H2. The monoisotopic (exact) mass is 311 g/mol. The van der Waals surface area contributed by atoms with Crippen LogP contribution in [-0.2, 0) is 5.33 Å². The quantitative estimate of drug-likeness (QED) is 0.633. The molecule has 0 radical (unpaired) electrons. The van der Waals surface area contributed by atoms with E-state index in [4.69, 9.17) is 9.68 Å². The van der Waals surface area contributed by atoms with Gasteiger partial charge >= 0.3 is 0 Å². The summed E-state index contributed by atoms with van der Waals surface area (Å²) < 4.78 is 5.83. The van der Waals surface area contributed by atoms with Crippen LogP contribution in [0, 0.1) is 11.3 Å². The lowest BCUT2D eigenvalue weighted by Crippen LogP contribution is -1.80. The molecule has 0 aliphatic carbocycles. The van der Waals surface area contributed by atoms with Crippen molar-refractivity contribution in [2.24, 2.45) is 0 Å². The normalized spacial score (nSPS) is 10.5. The Balaban J connectivity index is 2.18. The Bertz CT molecular complexity index is 783. The van der Waals surface area contributed by atoms with Crippen molar-refractivity contribution in [1.82, 2.24) is 0 Å². The molecule has 0 unspecified atom stereocenters. The van der Waals surface area contributed by atoms with Crippen LogP contribution in [0.5, 0.6) is 0 Å². The first-order valence-electron chi connectivity index (χ1n) is 5.90. The predicted molar refractivity (Wildman–Crippen MR) is 79.0 cm³/mol. The molecule has 0 aliphatic heterocycles. The van der Waals surface area contributed by atoms with Gasteiger partial charge in [-0.1, -0.05) is 34.1 Å². The minimum atomic E-state index is 0.627. The lowest BCUT2D eigenvalue weighted by Gasteiger charge is -1.98. The van der Waals surface area contributed by atoms with Crippen LogP contribution in [-0.4, -0.2) is 0 Å². The number of furan rings is 1. The second-order valence-electron chi connectivity index (χ2n) is 4.27. The van der Waals surface area contributed by atoms with Crippen LogP contribution in [0.2, 0.25) is 0 Å². The average Bonchev–Trinajstić information content (AvgIpc) is 2.89. The number of benzene rings is 2. The summed E-state index contributed by atoms with van der Waals surface area (Å²) in [5.41, 5.74) is 3.50. The van der Waals surface area contributed by atoms with Crippen LogP contribution in [0.15, 0.2) is 52.9 Å². The van der Waals surface area contributed by atoms with Crippen LogP contribution < -0.4 is 0 Å². The molecule has 2 nitrogen and oxygen atoms in total. The number of hydrogen-bond donors (Lipinski definition) is 0. The van der Waals surface area contributed by atoms with E-state index in [9.17, 15) is 0 Å². The second-order valence-corrected chi connectivity index (χ2v) is 4.83. The van der Waals surface area contributed by atoms with Gasteiger partial charge in [-0.2, -0.15) is 5.26 Å². The van der Waals surface area contributed by atoms with Crippen LogP contribution in [0.1, 0.15) is 11.1 Å². The van der Waals surface area contributed by atoms with E-state index in [1.165, 1.54) is 5.56 Å². The van der Waals surface area contributed by atoms with Crippen LogP contribution in [0.3, 0.4) is 0 Å². The SMILES string of the molecule is N#Cc1ccccc1-c1cc2cc(CBr)ccc2o1. The lowest BCUT2D eigenvalue weighted by atomic mass is 10.1. The van der Waals surface area contributed by atoms with Gasteiger partial charge in [0.1, 0.15) is 11.3 Å². The molecular weight excluding hydrogens is 302 g/mol. The third-order valence-corrected chi connectivity index (χ3v) is 3.70. The van der Waals surface area contributed by atoms with Crippen molar-refractivity contribution in [2.75, 3.05) is 0 Å². The Kier molecular flexibility index (Phi) is 3.10. The van der Waals surface area contributed by atoms with Gasteiger partial charge in [0.05, 0.1) is 11.6 Å². The molecule has 0 fully saturated rings. The first kappa shape index (κ1) is 12.0. The molecule has 0 spiro atoms. The number of nitrogens with zero attached hydrogens (tertiary/aromatic N) is 1. The number of nitriles is 1. The summed E-state index contributed by atoms with van der Waals surface area (Å²) >= 11 is 3.44. The molecule has 1 heterocycles. The first-order valence-corrected chi connectivity index (χ1v) is 7.02. The molecule has 0 atom stereocenters. The van der Waals surface area contributed by atoms with Gasteiger partial charge in [-0.05, 0) is 35.9 Å². The Morgan fingerprint density at radius 1 is 1.11 bits per heavy atom. The molecule has 0 bridgehead atoms. The van der Waals surface area contributed by atoms with E-state index in [-0.39, 0.29) is 0 Å². The fraction of sp³-hybridized carbons (Fsp3) is 0.0625. The molecular formula is C16H10BrNO. The van der Waals surface area contributed by atoms with Crippen molar-refractivity contribution < 1.29 is 4.42 Å². The minimum Gasteiger partial charge on any atom is -0.456 e. The molecule has 0 saturated carbocycles. The molecule has 0 saturated heterocycles. The molecule has 92 valence electrons. The van der Waals surface area contributed by atoms with E-state index in [1.54, 1.807) is 6.07 Å². The summed E-state index contributed by atoms with van der Waals surface area (Å²) in [6, 6.07) is 17.7.